The Bertz CT molecular complexity index is 125. The summed E-state index contributed by atoms with van der Waals surface area (Å²) in [6.07, 6.45) is 2.76. The summed E-state index contributed by atoms with van der Waals surface area (Å²) in [5.74, 6) is 0.0324. The van der Waals surface area contributed by atoms with E-state index in [1.54, 1.807) is 0 Å². The molecule has 0 aliphatic heterocycles. The van der Waals surface area contributed by atoms with E-state index < -0.39 is 5.60 Å². The minimum atomic E-state index is -0.879. The first kappa shape index (κ1) is 6.75. The predicted molar refractivity (Wildman–Crippen MR) is 34.1 cm³/mol. The summed E-state index contributed by atoms with van der Waals surface area (Å²) in [6.45, 7) is 1.95. The van der Waals surface area contributed by atoms with E-state index in [9.17, 15) is 9.90 Å². The van der Waals surface area contributed by atoms with Gasteiger partial charge in [-0.2, -0.15) is 0 Å². The van der Waals surface area contributed by atoms with E-state index in [4.69, 9.17) is 0 Å². The summed E-state index contributed by atoms with van der Waals surface area (Å²) in [7, 11) is 0. The number of aliphatic hydroxyl groups is 1. The first-order valence-corrected chi connectivity index (χ1v) is 3.45. The molecule has 2 nitrogen and oxygen atoms in total. The van der Waals surface area contributed by atoms with Crippen molar-refractivity contribution < 1.29 is 9.90 Å². The second-order valence-electron chi connectivity index (χ2n) is 2.70. The lowest BCUT2D eigenvalue weighted by Crippen LogP contribution is -2.20. The molecule has 0 atom stereocenters. The minimum Gasteiger partial charge on any atom is -0.382 e. The molecule has 1 aliphatic rings. The van der Waals surface area contributed by atoms with Gasteiger partial charge in [0.1, 0.15) is 5.60 Å². The van der Waals surface area contributed by atoms with E-state index in [2.05, 4.69) is 0 Å². The predicted octanol–water partition coefficient (Wildman–Crippen LogP) is 0.881. The zero-order valence-electron chi connectivity index (χ0n) is 5.68. The van der Waals surface area contributed by atoms with Gasteiger partial charge >= 0.3 is 0 Å². The van der Waals surface area contributed by atoms with E-state index in [1.807, 2.05) is 6.92 Å². The molecule has 0 heterocycles. The molecule has 0 amide bonds. The molecule has 0 unspecified atom stereocenters. The highest BCUT2D eigenvalue weighted by Gasteiger charge is 2.46. The van der Waals surface area contributed by atoms with Crippen LogP contribution >= 0.6 is 0 Å². The van der Waals surface area contributed by atoms with Gasteiger partial charge in [-0.25, -0.2) is 0 Å². The van der Waals surface area contributed by atoms with Gasteiger partial charge in [0.2, 0.25) is 0 Å². The molecule has 0 saturated heterocycles. The molecule has 1 aliphatic carbocycles. The van der Waals surface area contributed by atoms with Crippen LogP contribution in [0.5, 0.6) is 0 Å². The van der Waals surface area contributed by atoms with E-state index in [-0.39, 0.29) is 5.78 Å². The average Bonchev–Trinajstić information content (AvgIpc) is 2.50. The molecule has 1 N–H and O–H groups in total. The highest BCUT2D eigenvalue weighted by molar-refractivity contribution is 5.89. The van der Waals surface area contributed by atoms with Crippen molar-refractivity contribution in [1.82, 2.24) is 0 Å². The number of hydrogen-bond acceptors (Lipinski definition) is 2. The molecule has 2 heteroatoms. The maximum atomic E-state index is 10.9. The molecule has 0 aromatic carbocycles. The van der Waals surface area contributed by atoms with Gasteiger partial charge in [0.05, 0.1) is 0 Å². The molecule has 0 spiro atoms. The van der Waals surface area contributed by atoms with Gasteiger partial charge in [-0.05, 0) is 19.3 Å². The fourth-order valence-electron chi connectivity index (χ4n) is 0.857. The number of rotatable bonds is 3. The number of hydrogen-bond donors (Lipinski definition) is 1. The van der Waals surface area contributed by atoms with Crippen LogP contribution in [0.4, 0.5) is 0 Å². The van der Waals surface area contributed by atoms with Crippen molar-refractivity contribution in [3.05, 3.63) is 0 Å². The average molecular weight is 128 g/mol. The van der Waals surface area contributed by atoms with Gasteiger partial charge in [0.15, 0.2) is 5.78 Å². The summed E-state index contributed by atoms with van der Waals surface area (Å²) in [4.78, 5) is 10.9. The van der Waals surface area contributed by atoms with Gasteiger partial charge in [-0.3, -0.25) is 4.79 Å². The third-order valence-corrected chi connectivity index (χ3v) is 1.72. The Morgan fingerprint density at radius 1 is 1.67 bits per heavy atom. The van der Waals surface area contributed by atoms with Crippen LogP contribution in [0.2, 0.25) is 0 Å². The molecule has 0 aromatic heterocycles. The van der Waals surface area contributed by atoms with Gasteiger partial charge in [-0.1, -0.05) is 6.92 Å². The SMILES string of the molecule is CCCC(=O)C1(O)CC1. The molecule has 1 rings (SSSR count). The molecular formula is C7H12O2. The fraction of sp³-hybridized carbons (Fsp3) is 0.857. The maximum absolute atomic E-state index is 10.9. The second-order valence-corrected chi connectivity index (χ2v) is 2.70. The van der Waals surface area contributed by atoms with Gasteiger partial charge < -0.3 is 5.11 Å². The monoisotopic (exact) mass is 128 g/mol. The number of carbonyl (C=O) groups is 1. The Morgan fingerprint density at radius 3 is 2.56 bits per heavy atom. The first-order chi connectivity index (χ1) is 4.19. The summed E-state index contributed by atoms with van der Waals surface area (Å²) in [6, 6.07) is 0. The summed E-state index contributed by atoms with van der Waals surface area (Å²) < 4.78 is 0. The van der Waals surface area contributed by atoms with E-state index in [0.717, 1.165) is 6.42 Å². The van der Waals surface area contributed by atoms with Crippen molar-refractivity contribution in [1.29, 1.82) is 0 Å². The summed E-state index contributed by atoms with van der Waals surface area (Å²) >= 11 is 0. The Hall–Kier alpha value is -0.370. The van der Waals surface area contributed by atoms with Crippen LogP contribution in [-0.2, 0) is 4.79 Å². The van der Waals surface area contributed by atoms with Crippen LogP contribution in [0.1, 0.15) is 32.6 Å². The van der Waals surface area contributed by atoms with Crippen LogP contribution in [-0.4, -0.2) is 16.5 Å². The molecule has 0 aromatic rings. The first-order valence-electron chi connectivity index (χ1n) is 3.45. The molecular weight excluding hydrogens is 116 g/mol. The highest BCUT2D eigenvalue weighted by atomic mass is 16.3. The van der Waals surface area contributed by atoms with Crippen molar-refractivity contribution in [2.24, 2.45) is 0 Å². The topological polar surface area (TPSA) is 37.3 Å². The lowest BCUT2D eigenvalue weighted by atomic mass is 10.1. The van der Waals surface area contributed by atoms with Crippen molar-refractivity contribution >= 4 is 5.78 Å². The number of ketones is 1. The minimum absolute atomic E-state index is 0.0324. The van der Waals surface area contributed by atoms with Crippen LogP contribution in [0.15, 0.2) is 0 Å². The zero-order valence-corrected chi connectivity index (χ0v) is 5.68. The quantitative estimate of drug-likeness (QED) is 0.612. The van der Waals surface area contributed by atoms with Gasteiger partial charge in [0.25, 0.3) is 0 Å². The normalized spacial score (nSPS) is 21.6. The van der Waals surface area contributed by atoms with Crippen LogP contribution < -0.4 is 0 Å². The van der Waals surface area contributed by atoms with E-state index in [0.29, 0.717) is 19.3 Å². The second kappa shape index (κ2) is 2.10. The van der Waals surface area contributed by atoms with E-state index >= 15 is 0 Å². The lowest BCUT2D eigenvalue weighted by molar-refractivity contribution is -0.129. The Kier molecular flexibility index (Phi) is 1.58. The molecule has 9 heavy (non-hydrogen) atoms. The summed E-state index contributed by atoms with van der Waals surface area (Å²) in [5, 5.41) is 9.18. The Labute approximate surface area is 54.9 Å². The smallest absolute Gasteiger partial charge is 0.164 e. The standard InChI is InChI=1S/C7H12O2/c1-2-3-6(8)7(9)4-5-7/h9H,2-5H2,1H3. The van der Waals surface area contributed by atoms with Crippen molar-refractivity contribution in [3.8, 4) is 0 Å². The number of Topliss-reactive ketones (excluding diaryl/α,β-unsaturated/α-hetero) is 1. The third kappa shape index (κ3) is 1.30. The maximum Gasteiger partial charge on any atom is 0.164 e. The van der Waals surface area contributed by atoms with Crippen molar-refractivity contribution in [2.45, 2.75) is 38.2 Å². The number of carbonyl (C=O) groups excluding carboxylic acids is 1. The van der Waals surface area contributed by atoms with Crippen molar-refractivity contribution in [2.75, 3.05) is 0 Å². The van der Waals surface area contributed by atoms with Gasteiger partial charge in [0, 0.05) is 6.42 Å². The van der Waals surface area contributed by atoms with Crippen LogP contribution in [0, 0.1) is 0 Å². The summed E-state index contributed by atoms with van der Waals surface area (Å²) in [5.41, 5.74) is -0.879. The lowest BCUT2D eigenvalue weighted by Gasteiger charge is -2.02. The molecule has 1 saturated carbocycles. The van der Waals surface area contributed by atoms with Crippen LogP contribution in [0.3, 0.4) is 0 Å². The molecule has 1 fully saturated rings. The Balaban J connectivity index is 2.34. The Morgan fingerprint density at radius 2 is 2.22 bits per heavy atom. The molecule has 0 radical (unpaired) electrons. The van der Waals surface area contributed by atoms with E-state index in [1.165, 1.54) is 0 Å². The van der Waals surface area contributed by atoms with Gasteiger partial charge in [-0.15, -0.1) is 0 Å². The zero-order chi connectivity index (χ0) is 6.91. The third-order valence-electron chi connectivity index (χ3n) is 1.72. The largest absolute Gasteiger partial charge is 0.382 e. The molecule has 52 valence electrons. The van der Waals surface area contributed by atoms with Crippen LogP contribution in [0.25, 0.3) is 0 Å². The van der Waals surface area contributed by atoms with Crippen molar-refractivity contribution in [3.63, 3.8) is 0 Å². The highest BCUT2D eigenvalue weighted by Crippen LogP contribution is 2.36. The molecule has 0 bridgehead atoms. The fourth-order valence-corrected chi connectivity index (χ4v) is 0.857.